The fourth-order valence-electron chi connectivity index (χ4n) is 0.481. The van der Waals surface area contributed by atoms with E-state index in [1.54, 1.807) is 0 Å². The predicted molar refractivity (Wildman–Crippen MR) is 32.1 cm³/mol. The first kappa shape index (κ1) is 5.94. The number of rotatable bonds is 2. The average Bonchev–Trinajstić information content (AvgIpc) is 2.17. The molecule has 0 aliphatic rings. The molecule has 0 aromatic carbocycles. The molecule has 1 aromatic rings. The summed E-state index contributed by atoms with van der Waals surface area (Å²) in [5.74, 6) is 0.716. The summed E-state index contributed by atoms with van der Waals surface area (Å²) in [5.41, 5.74) is 5.22. The average molecular weight is 128 g/mol. The lowest BCUT2D eigenvalue weighted by molar-refractivity contribution is 0.226. The van der Waals surface area contributed by atoms with Gasteiger partial charge < -0.3 is 15.0 Å². The lowest BCUT2D eigenvalue weighted by Gasteiger charge is -1.90. The maximum atomic E-state index is 5.22. The summed E-state index contributed by atoms with van der Waals surface area (Å²) in [7, 11) is 0. The molecule has 2 N–H and O–H groups in total. The molecule has 4 nitrogen and oxygen atoms in total. The molecule has 0 saturated heterocycles. The molecule has 4 heteroatoms. The van der Waals surface area contributed by atoms with Crippen LogP contribution in [0.5, 0.6) is 5.95 Å². The van der Waals surface area contributed by atoms with Gasteiger partial charge in [-0.3, -0.25) is 0 Å². The van der Waals surface area contributed by atoms with E-state index in [1.165, 1.54) is 6.07 Å². The quantitative estimate of drug-likeness (QED) is 0.635. The molecule has 0 amide bonds. The van der Waals surface area contributed by atoms with Crippen molar-refractivity contribution in [2.45, 2.75) is 6.92 Å². The zero-order valence-corrected chi connectivity index (χ0v) is 5.13. The van der Waals surface area contributed by atoms with E-state index in [0.29, 0.717) is 18.4 Å². The first-order chi connectivity index (χ1) is 4.33. The van der Waals surface area contributed by atoms with E-state index in [-0.39, 0.29) is 0 Å². The summed E-state index contributed by atoms with van der Waals surface area (Å²) < 4.78 is 9.52. The fraction of sp³-hybridized carbons (Fsp3) is 0.400. The molecule has 1 aromatic heterocycles. The number of nitrogens with two attached hydrogens (primary N) is 1. The largest absolute Gasteiger partial charge is 0.464 e. The highest BCUT2D eigenvalue weighted by atomic mass is 16.6. The van der Waals surface area contributed by atoms with Crippen LogP contribution in [0.25, 0.3) is 0 Å². The highest BCUT2D eigenvalue weighted by Crippen LogP contribution is 2.12. The SMILES string of the molecule is CCOc1cc(N)no1. The van der Waals surface area contributed by atoms with Crippen molar-refractivity contribution in [2.24, 2.45) is 0 Å². The Labute approximate surface area is 52.6 Å². The van der Waals surface area contributed by atoms with Gasteiger partial charge in [-0.2, -0.15) is 0 Å². The van der Waals surface area contributed by atoms with Gasteiger partial charge in [0, 0.05) is 0 Å². The maximum Gasteiger partial charge on any atom is 0.313 e. The molecule has 1 rings (SSSR count). The second-order valence-electron chi connectivity index (χ2n) is 1.50. The van der Waals surface area contributed by atoms with E-state index in [1.807, 2.05) is 6.92 Å². The van der Waals surface area contributed by atoms with Crippen molar-refractivity contribution < 1.29 is 9.26 Å². The third-order valence-corrected chi connectivity index (χ3v) is 0.793. The second kappa shape index (κ2) is 2.39. The van der Waals surface area contributed by atoms with E-state index in [0.717, 1.165) is 0 Å². The molecule has 0 fully saturated rings. The van der Waals surface area contributed by atoms with Gasteiger partial charge in [-0.1, -0.05) is 5.16 Å². The summed E-state index contributed by atoms with van der Waals surface area (Å²) in [6, 6.07) is 1.53. The second-order valence-corrected chi connectivity index (χ2v) is 1.50. The lowest BCUT2D eigenvalue weighted by atomic mass is 10.6. The Morgan fingerprint density at radius 3 is 3.11 bits per heavy atom. The number of hydrogen-bond acceptors (Lipinski definition) is 4. The Morgan fingerprint density at radius 2 is 2.67 bits per heavy atom. The molecule has 0 radical (unpaired) electrons. The molecule has 0 unspecified atom stereocenters. The first-order valence-corrected chi connectivity index (χ1v) is 2.68. The zero-order valence-electron chi connectivity index (χ0n) is 5.13. The van der Waals surface area contributed by atoms with Gasteiger partial charge in [0.05, 0.1) is 12.7 Å². The highest BCUT2D eigenvalue weighted by molar-refractivity contribution is 5.29. The van der Waals surface area contributed by atoms with Crippen LogP contribution in [-0.4, -0.2) is 11.8 Å². The van der Waals surface area contributed by atoms with Crippen LogP contribution >= 0.6 is 0 Å². The summed E-state index contributed by atoms with van der Waals surface area (Å²) in [4.78, 5) is 0. The van der Waals surface area contributed by atoms with E-state index >= 15 is 0 Å². The fourth-order valence-corrected chi connectivity index (χ4v) is 0.481. The molecule has 9 heavy (non-hydrogen) atoms. The van der Waals surface area contributed by atoms with Crippen LogP contribution in [0, 0.1) is 0 Å². The van der Waals surface area contributed by atoms with Gasteiger partial charge in [0.15, 0.2) is 5.82 Å². The number of ether oxygens (including phenoxy) is 1. The zero-order chi connectivity index (χ0) is 6.69. The Morgan fingerprint density at radius 1 is 1.89 bits per heavy atom. The van der Waals surface area contributed by atoms with Crippen LogP contribution in [0.15, 0.2) is 10.6 Å². The van der Waals surface area contributed by atoms with Gasteiger partial charge >= 0.3 is 5.95 Å². The van der Waals surface area contributed by atoms with Crippen molar-refractivity contribution >= 4 is 5.82 Å². The van der Waals surface area contributed by atoms with Crippen molar-refractivity contribution in [3.63, 3.8) is 0 Å². The molecule has 0 atom stereocenters. The molecular weight excluding hydrogens is 120 g/mol. The standard InChI is InChI=1S/C5H8N2O2/c1-2-8-5-3-4(6)7-9-5/h3H,2H2,1H3,(H2,6,7). The minimum absolute atomic E-state index is 0.346. The smallest absolute Gasteiger partial charge is 0.313 e. The van der Waals surface area contributed by atoms with Crippen molar-refractivity contribution in [3.8, 4) is 5.95 Å². The molecule has 50 valence electrons. The van der Waals surface area contributed by atoms with Crippen molar-refractivity contribution in [2.75, 3.05) is 12.3 Å². The van der Waals surface area contributed by atoms with Crippen LogP contribution in [0.4, 0.5) is 5.82 Å². The van der Waals surface area contributed by atoms with Crippen LogP contribution in [0.1, 0.15) is 6.92 Å². The molecule has 0 saturated carbocycles. The molecule has 0 aliphatic heterocycles. The number of hydrogen-bond donors (Lipinski definition) is 1. The summed E-state index contributed by atoms with van der Waals surface area (Å²) in [5, 5.41) is 3.41. The summed E-state index contributed by atoms with van der Waals surface area (Å²) >= 11 is 0. The first-order valence-electron chi connectivity index (χ1n) is 2.68. The van der Waals surface area contributed by atoms with Gasteiger partial charge in [0.2, 0.25) is 0 Å². The van der Waals surface area contributed by atoms with E-state index in [4.69, 9.17) is 10.5 Å². The summed E-state index contributed by atoms with van der Waals surface area (Å²) in [6.07, 6.45) is 0. The normalized spacial score (nSPS) is 9.44. The molecule has 0 spiro atoms. The van der Waals surface area contributed by atoms with Crippen LogP contribution in [-0.2, 0) is 0 Å². The maximum absolute atomic E-state index is 5.22. The Bertz CT molecular complexity index is 185. The van der Waals surface area contributed by atoms with Gasteiger partial charge in [-0.15, -0.1) is 0 Å². The van der Waals surface area contributed by atoms with Crippen molar-refractivity contribution in [3.05, 3.63) is 6.07 Å². The van der Waals surface area contributed by atoms with Gasteiger partial charge in [-0.05, 0) is 6.92 Å². The molecule has 1 heterocycles. The minimum Gasteiger partial charge on any atom is -0.464 e. The highest BCUT2D eigenvalue weighted by Gasteiger charge is 1.97. The summed E-state index contributed by atoms with van der Waals surface area (Å²) in [6.45, 7) is 2.42. The van der Waals surface area contributed by atoms with E-state index in [2.05, 4.69) is 9.68 Å². The monoisotopic (exact) mass is 128 g/mol. The molecular formula is C5H8N2O2. The third-order valence-electron chi connectivity index (χ3n) is 0.793. The minimum atomic E-state index is 0.346. The van der Waals surface area contributed by atoms with Crippen LogP contribution in [0.3, 0.4) is 0 Å². The number of anilines is 1. The Hall–Kier alpha value is -1.19. The molecule has 0 bridgehead atoms. The number of aromatic nitrogens is 1. The topological polar surface area (TPSA) is 61.3 Å². The number of nitrogen functional groups attached to an aromatic ring is 1. The van der Waals surface area contributed by atoms with Gasteiger partial charge in [0.1, 0.15) is 0 Å². The van der Waals surface area contributed by atoms with E-state index < -0.39 is 0 Å². The Balaban J connectivity index is 2.61. The Kier molecular flexibility index (Phi) is 1.58. The van der Waals surface area contributed by atoms with Crippen LogP contribution in [0.2, 0.25) is 0 Å². The van der Waals surface area contributed by atoms with Crippen LogP contribution < -0.4 is 10.5 Å². The lowest BCUT2D eigenvalue weighted by Crippen LogP contribution is -1.88. The third kappa shape index (κ3) is 1.35. The molecule has 0 aliphatic carbocycles. The number of nitrogens with zero attached hydrogens (tertiary/aromatic N) is 1. The van der Waals surface area contributed by atoms with Gasteiger partial charge in [0.25, 0.3) is 0 Å². The van der Waals surface area contributed by atoms with Crippen molar-refractivity contribution in [1.29, 1.82) is 0 Å². The predicted octanol–water partition coefficient (Wildman–Crippen LogP) is 0.656. The van der Waals surface area contributed by atoms with Gasteiger partial charge in [-0.25, -0.2) is 0 Å². The van der Waals surface area contributed by atoms with E-state index in [9.17, 15) is 0 Å². The van der Waals surface area contributed by atoms with Crippen molar-refractivity contribution in [1.82, 2.24) is 5.16 Å².